The number of alkyl halides is 3. The maximum Gasteiger partial charge on any atom is 0.418 e. The Morgan fingerprint density at radius 2 is 1.75 bits per heavy atom. The fourth-order valence-electron chi connectivity index (χ4n) is 1.83. The van der Waals surface area contributed by atoms with Gasteiger partial charge < -0.3 is 10.6 Å². The number of thiocarbonyl (C=S) groups is 1. The van der Waals surface area contributed by atoms with Crippen LogP contribution in [0, 0.1) is 10.1 Å². The molecular weight excluding hydrogens is 367 g/mol. The van der Waals surface area contributed by atoms with Gasteiger partial charge in [0.15, 0.2) is 5.11 Å². The van der Waals surface area contributed by atoms with Gasteiger partial charge in [-0.05, 0) is 30.4 Å². The van der Waals surface area contributed by atoms with Crippen molar-refractivity contribution in [3.8, 4) is 0 Å². The van der Waals surface area contributed by atoms with Crippen LogP contribution in [0.25, 0.3) is 0 Å². The molecule has 5 nitrogen and oxygen atoms in total. The molecule has 0 bridgehead atoms. The second-order valence-electron chi connectivity index (χ2n) is 4.54. The number of anilines is 2. The molecule has 2 aromatic rings. The van der Waals surface area contributed by atoms with E-state index in [1.54, 1.807) is 24.3 Å². The van der Waals surface area contributed by atoms with Crippen LogP contribution in [0.1, 0.15) is 5.56 Å². The summed E-state index contributed by atoms with van der Waals surface area (Å²) in [6.07, 6.45) is -4.78. The summed E-state index contributed by atoms with van der Waals surface area (Å²) in [5.74, 6) is 0. The van der Waals surface area contributed by atoms with Gasteiger partial charge in [-0.1, -0.05) is 23.7 Å². The molecule has 0 aliphatic carbocycles. The van der Waals surface area contributed by atoms with E-state index in [2.05, 4.69) is 10.6 Å². The quantitative estimate of drug-likeness (QED) is 0.445. The Labute approximate surface area is 144 Å². The summed E-state index contributed by atoms with van der Waals surface area (Å²) in [6, 6.07) is 8.87. The summed E-state index contributed by atoms with van der Waals surface area (Å²) in [4.78, 5) is 9.75. The molecule has 0 heterocycles. The summed E-state index contributed by atoms with van der Waals surface area (Å²) in [6.45, 7) is 0. The average molecular weight is 376 g/mol. The van der Waals surface area contributed by atoms with Crippen molar-refractivity contribution in [2.24, 2.45) is 0 Å². The number of nitro benzene ring substituents is 1. The Bertz CT molecular complexity index is 799. The van der Waals surface area contributed by atoms with Crippen LogP contribution in [0.2, 0.25) is 5.02 Å². The molecule has 0 atom stereocenters. The molecule has 0 spiro atoms. The molecule has 0 unspecified atom stereocenters. The van der Waals surface area contributed by atoms with Crippen LogP contribution in [0.4, 0.5) is 30.2 Å². The molecule has 24 heavy (non-hydrogen) atoms. The van der Waals surface area contributed by atoms with Gasteiger partial charge in [-0.25, -0.2) is 0 Å². The first-order chi connectivity index (χ1) is 11.2. The smallest absolute Gasteiger partial charge is 0.332 e. The van der Waals surface area contributed by atoms with Gasteiger partial charge in [0.25, 0.3) is 5.69 Å². The predicted molar refractivity (Wildman–Crippen MR) is 89.4 cm³/mol. The van der Waals surface area contributed by atoms with E-state index in [4.69, 9.17) is 23.8 Å². The van der Waals surface area contributed by atoms with E-state index in [1.807, 2.05) is 0 Å². The molecule has 0 amide bonds. The van der Waals surface area contributed by atoms with E-state index in [0.29, 0.717) is 16.8 Å². The minimum absolute atomic E-state index is 0.137. The van der Waals surface area contributed by atoms with Crippen molar-refractivity contribution in [2.75, 3.05) is 10.6 Å². The van der Waals surface area contributed by atoms with E-state index in [0.717, 1.165) is 12.1 Å². The number of rotatable bonds is 3. The van der Waals surface area contributed by atoms with Gasteiger partial charge in [0.1, 0.15) is 0 Å². The second kappa shape index (κ2) is 7.02. The van der Waals surface area contributed by atoms with E-state index >= 15 is 0 Å². The zero-order chi connectivity index (χ0) is 17.9. The fourth-order valence-corrected chi connectivity index (χ4v) is 2.23. The van der Waals surface area contributed by atoms with Crippen LogP contribution in [-0.4, -0.2) is 10.0 Å². The molecule has 2 aromatic carbocycles. The highest BCUT2D eigenvalue weighted by Gasteiger charge is 2.35. The first-order valence-electron chi connectivity index (χ1n) is 6.36. The molecule has 0 saturated heterocycles. The minimum atomic E-state index is -4.78. The molecule has 126 valence electrons. The number of halogens is 4. The van der Waals surface area contributed by atoms with E-state index in [-0.39, 0.29) is 5.11 Å². The first kappa shape index (κ1) is 18.0. The summed E-state index contributed by atoms with van der Waals surface area (Å²) in [5.41, 5.74) is -1.86. The van der Waals surface area contributed by atoms with Crippen molar-refractivity contribution in [3.05, 3.63) is 63.2 Å². The Hall–Kier alpha value is -2.39. The normalized spacial score (nSPS) is 11.0. The first-order valence-corrected chi connectivity index (χ1v) is 7.15. The summed E-state index contributed by atoms with van der Waals surface area (Å²) < 4.78 is 39.3. The zero-order valence-electron chi connectivity index (χ0n) is 11.7. The van der Waals surface area contributed by atoms with Crippen LogP contribution in [-0.2, 0) is 6.18 Å². The van der Waals surface area contributed by atoms with Crippen molar-refractivity contribution in [3.63, 3.8) is 0 Å². The molecule has 0 aliphatic rings. The van der Waals surface area contributed by atoms with Gasteiger partial charge in [-0.3, -0.25) is 10.1 Å². The lowest BCUT2D eigenvalue weighted by atomic mass is 10.1. The Morgan fingerprint density at radius 1 is 1.12 bits per heavy atom. The molecule has 0 aromatic heterocycles. The standard InChI is InChI=1S/C14H9ClF3N3O2S/c15-10-3-1-2-4-12(10)20-13(24)19-11-6-5-8(21(22)23)7-9(11)14(16,17)18/h1-7H,(H2,19,20,24). The van der Waals surface area contributed by atoms with Gasteiger partial charge in [-0.2, -0.15) is 13.2 Å². The Morgan fingerprint density at radius 3 is 2.33 bits per heavy atom. The van der Waals surface area contributed by atoms with Gasteiger partial charge in [-0.15, -0.1) is 0 Å². The van der Waals surface area contributed by atoms with E-state index in [9.17, 15) is 23.3 Å². The van der Waals surface area contributed by atoms with Crippen molar-refractivity contribution >= 4 is 46.0 Å². The molecule has 0 aliphatic heterocycles. The minimum Gasteiger partial charge on any atom is -0.332 e. The van der Waals surface area contributed by atoms with Gasteiger partial charge in [0.2, 0.25) is 0 Å². The van der Waals surface area contributed by atoms with Crippen LogP contribution < -0.4 is 10.6 Å². The van der Waals surface area contributed by atoms with Crippen molar-refractivity contribution in [1.82, 2.24) is 0 Å². The number of para-hydroxylation sites is 1. The van der Waals surface area contributed by atoms with E-state index in [1.165, 1.54) is 0 Å². The molecule has 0 saturated carbocycles. The number of hydrogen-bond acceptors (Lipinski definition) is 3. The van der Waals surface area contributed by atoms with Gasteiger partial charge in [0.05, 0.1) is 26.9 Å². The van der Waals surface area contributed by atoms with E-state index < -0.39 is 28.0 Å². The number of nitro groups is 1. The lowest BCUT2D eigenvalue weighted by Gasteiger charge is -2.16. The molecule has 2 N–H and O–H groups in total. The number of benzene rings is 2. The largest absolute Gasteiger partial charge is 0.418 e. The van der Waals surface area contributed by atoms with Crippen LogP contribution in [0.15, 0.2) is 42.5 Å². The topological polar surface area (TPSA) is 67.2 Å². The molecule has 0 radical (unpaired) electrons. The number of nitrogens with zero attached hydrogens (tertiary/aromatic N) is 1. The highest BCUT2D eigenvalue weighted by Crippen LogP contribution is 2.37. The predicted octanol–water partition coefficient (Wildman–Crippen LogP) is 5.08. The lowest BCUT2D eigenvalue weighted by molar-refractivity contribution is -0.385. The van der Waals surface area contributed by atoms with Crippen LogP contribution in [0.3, 0.4) is 0 Å². The third-order valence-corrected chi connectivity index (χ3v) is 3.42. The number of non-ortho nitro benzene ring substituents is 1. The number of hydrogen-bond donors (Lipinski definition) is 2. The summed E-state index contributed by atoms with van der Waals surface area (Å²) >= 11 is 10.9. The Balaban J connectivity index is 2.27. The third kappa shape index (κ3) is 4.33. The monoisotopic (exact) mass is 375 g/mol. The maximum absolute atomic E-state index is 13.1. The highest BCUT2D eigenvalue weighted by molar-refractivity contribution is 7.80. The van der Waals surface area contributed by atoms with Crippen molar-refractivity contribution in [2.45, 2.75) is 6.18 Å². The second-order valence-corrected chi connectivity index (χ2v) is 5.36. The third-order valence-electron chi connectivity index (χ3n) is 2.89. The molecular formula is C14H9ClF3N3O2S. The molecule has 0 fully saturated rings. The molecule has 2 rings (SSSR count). The summed E-state index contributed by atoms with van der Waals surface area (Å²) in [5, 5.41) is 15.9. The van der Waals surface area contributed by atoms with Gasteiger partial charge in [0, 0.05) is 12.1 Å². The van der Waals surface area contributed by atoms with Crippen molar-refractivity contribution in [1.29, 1.82) is 0 Å². The average Bonchev–Trinajstić information content (AvgIpc) is 2.48. The Kier molecular flexibility index (Phi) is 5.25. The maximum atomic E-state index is 13.1. The molecule has 10 heteroatoms. The SMILES string of the molecule is O=[N+]([O-])c1ccc(NC(=S)Nc2ccccc2Cl)c(C(F)(F)F)c1. The fraction of sp³-hybridized carbons (Fsp3) is 0.0714. The van der Waals surface area contributed by atoms with Gasteiger partial charge >= 0.3 is 6.18 Å². The number of nitrogens with one attached hydrogen (secondary N) is 2. The van der Waals surface area contributed by atoms with Crippen molar-refractivity contribution < 1.29 is 18.1 Å². The lowest BCUT2D eigenvalue weighted by Crippen LogP contribution is -2.21. The zero-order valence-corrected chi connectivity index (χ0v) is 13.3. The summed E-state index contributed by atoms with van der Waals surface area (Å²) in [7, 11) is 0. The van der Waals surface area contributed by atoms with Crippen LogP contribution in [0.5, 0.6) is 0 Å². The highest BCUT2D eigenvalue weighted by atomic mass is 35.5. The van der Waals surface area contributed by atoms with Crippen LogP contribution >= 0.6 is 23.8 Å².